The third-order valence-corrected chi connectivity index (χ3v) is 7.30. The van der Waals surface area contributed by atoms with Crippen LogP contribution in [0.3, 0.4) is 0 Å². The maximum atomic E-state index is 6.59. The van der Waals surface area contributed by atoms with Crippen LogP contribution in [0.4, 0.5) is 11.5 Å². The summed E-state index contributed by atoms with van der Waals surface area (Å²) in [7, 11) is 0. The Kier molecular flexibility index (Phi) is 3.71. The topological polar surface area (TPSA) is 68.8 Å². The fourth-order valence-electron chi connectivity index (χ4n) is 5.17. The number of fused-ring (bicyclic) bond motifs is 5. The molecule has 3 N–H and O–H groups in total. The number of rotatable bonds is 3. The molecule has 1 aliphatic heterocycles. The number of imidazole rings is 1. The molecular weight excluding hydrogens is 394 g/mol. The number of anilines is 2. The third-order valence-electron chi connectivity index (χ3n) is 7.30. The second-order valence-electron chi connectivity index (χ2n) is 9.41. The first-order valence-electron chi connectivity index (χ1n) is 11.6. The molecule has 0 spiro atoms. The fourth-order valence-corrected chi connectivity index (χ4v) is 5.17. The molecule has 0 unspecified atom stereocenters. The van der Waals surface area contributed by atoms with E-state index in [1.807, 2.05) is 12.3 Å². The lowest BCUT2D eigenvalue weighted by Crippen LogP contribution is -2.43. The maximum absolute atomic E-state index is 6.59. The Labute approximate surface area is 187 Å². The van der Waals surface area contributed by atoms with Crippen molar-refractivity contribution in [3.8, 4) is 28.3 Å². The molecule has 7 rings (SSSR count). The molecule has 2 saturated carbocycles. The first-order chi connectivity index (χ1) is 15.7. The number of nitrogens with zero attached hydrogens (tertiary/aromatic N) is 3. The van der Waals surface area contributed by atoms with Gasteiger partial charge in [-0.3, -0.25) is 4.57 Å². The molecule has 2 fully saturated rings. The largest absolute Gasteiger partial charge is 0.338 e. The first kappa shape index (κ1) is 18.2. The molecule has 2 aliphatic carbocycles. The number of benzene rings is 2. The molecule has 2 aromatic heterocycles. The zero-order valence-corrected chi connectivity index (χ0v) is 17.9. The molecule has 5 nitrogen and oxygen atoms in total. The quantitative estimate of drug-likeness (QED) is 0.383. The van der Waals surface area contributed by atoms with Gasteiger partial charge in [0.25, 0.3) is 0 Å². The lowest BCUT2D eigenvalue weighted by molar-refractivity contribution is 0.253. The normalized spacial score (nSPS) is 17.9. The van der Waals surface area contributed by atoms with E-state index in [0.29, 0.717) is 5.92 Å². The molecule has 0 atom stereocenters. The van der Waals surface area contributed by atoms with Crippen molar-refractivity contribution < 1.29 is 0 Å². The van der Waals surface area contributed by atoms with Crippen molar-refractivity contribution in [2.24, 2.45) is 5.73 Å². The van der Waals surface area contributed by atoms with Crippen molar-refractivity contribution in [2.45, 2.75) is 43.6 Å². The predicted molar refractivity (Wildman–Crippen MR) is 127 cm³/mol. The highest BCUT2D eigenvalue weighted by Crippen LogP contribution is 2.49. The molecule has 0 radical (unpaired) electrons. The summed E-state index contributed by atoms with van der Waals surface area (Å²) in [5, 5.41) is 3.53. The van der Waals surface area contributed by atoms with Crippen molar-refractivity contribution in [3.05, 3.63) is 78.1 Å². The van der Waals surface area contributed by atoms with E-state index in [9.17, 15) is 0 Å². The molecule has 4 aromatic rings. The molecule has 5 heteroatoms. The summed E-state index contributed by atoms with van der Waals surface area (Å²) in [5.74, 6) is 2.36. The van der Waals surface area contributed by atoms with Crippen LogP contribution in [0, 0.1) is 0 Å². The molecule has 32 heavy (non-hydrogen) atoms. The lowest BCUT2D eigenvalue weighted by atomic mass is 9.72. The number of hydrogen-bond donors (Lipinski definition) is 2. The molecule has 3 heterocycles. The van der Waals surface area contributed by atoms with Crippen LogP contribution in [0.15, 0.2) is 66.9 Å². The van der Waals surface area contributed by atoms with Gasteiger partial charge in [0.2, 0.25) is 0 Å². The molecule has 0 bridgehead atoms. The second kappa shape index (κ2) is 6.53. The van der Waals surface area contributed by atoms with E-state index in [0.717, 1.165) is 41.4 Å². The second-order valence-corrected chi connectivity index (χ2v) is 9.41. The third kappa shape index (κ3) is 2.61. The van der Waals surface area contributed by atoms with Crippen molar-refractivity contribution in [2.75, 3.05) is 5.32 Å². The van der Waals surface area contributed by atoms with E-state index in [1.165, 1.54) is 41.8 Å². The van der Waals surface area contributed by atoms with Gasteiger partial charge in [-0.2, -0.15) is 0 Å². The predicted octanol–water partition coefficient (Wildman–Crippen LogP) is 5.87. The zero-order chi connectivity index (χ0) is 21.3. The van der Waals surface area contributed by atoms with Crippen LogP contribution >= 0.6 is 0 Å². The molecule has 158 valence electrons. The minimum atomic E-state index is -0.147. The smallest absolute Gasteiger partial charge is 0.154 e. The number of hydrogen-bond acceptors (Lipinski definition) is 4. The standard InChI is InChI=1S/C27H25N5/c28-27(14-4-15-27)19-12-10-18(11-13-19)24-23(17-8-9-17)31-26-20-5-1-2-6-21(20)30-25-22(32(24)26)7-3-16-29-25/h1-3,5-7,10-13,16-17H,4,8-9,14-15,28H2,(H,29,30). The molecule has 0 saturated heterocycles. The zero-order valence-electron chi connectivity index (χ0n) is 17.9. The Balaban J connectivity index is 1.49. The van der Waals surface area contributed by atoms with Gasteiger partial charge in [-0.15, -0.1) is 0 Å². The highest BCUT2D eigenvalue weighted by atomic mass is 15.2. The summed E-state index contributed by atoms with van der Waals surface area (Å²) in [6.45, 7) is 0. The Morgan fingerprint density at radius 1 is 0.969 bits per heavy atom. The summed E-state index contributed by atoms with van der Waals surface area (Å²) in [5.41, 5.74) is 14.4. The van der Waals surface area contributed by atoms with E-state index in [-0.39, 0.29) is 5.54 Å². The van der Waals surface area contributed by atoms with E-state index in [1.54, 1.807) is 0 Å². The summed E-state index contributed by atoms with van der Waals surface area (Å²) >= 11 is 0. The van der Waals surface area contributed by atoms with Crippen LogP contribution in [0.25, 0.3) is 28.3 Å². The fraction of sp³-hybridized carbons (Fsp3) is 0.259. The van der Waals surface area contributed by atoms with E-state index < -0.39 is 0 Å². The van der Waals surface area contributed by atoms with E-state index in [2.05, 4.69) is 69.5 Å². The Morgan fingerprint density at radius 2 is 1.78 bits per heavy atom. The summed E-state index contributed by atoms with van der Waals surface area (Å²) in [4.78, 5) is 9.93. The number of para-hydroxylation sites is 1. The SMILES string of the molecule is NC1(c2ccc(-c3c(C4CC4)nc4n3-c3cccnc3Nc3ccccc3-4)cc2)CCC1. The van der Waals surface area contributed by atoms with Gasteiger partial charge in [0.05, 0.1) is 22.8 Å². The lowest BCUT2D eigenvalue weighted by Gasteiger charge is -2.38. The maximum Gasteiger partial charge on any atom is 0.154 e. The highest BCUT2D eigenvalue weighted by Gasteiger charge is 2.36. The monoisotopic (exact) mass is 419 g/mol. The molecule has 3 aliphatic rings. The molecular formula is C27H25N5. The van der Waals surface area contributed by atoms with Crippen LogP contribution in [-0.2, 0) is 5.54 Å². The van der Waals surface area contributed by atoms with Crippen LogP contribution in [-0.4, -0.2) is 14.5 Å². The van der Waals surface area contributed by atoms with Gasteiger partial charge in [0.15, 0.2) is 5.82 Å². The minimum Gasteiger partial charge on any atom is -0.338 e. The summed E-state index contributed by atoms with van der Waals surface area (Å²) in [6.07, 6.45) is 7.61. The number of nitrogens with one attached hydrogen (secondary N) is 1. The van der Waals surface area contributed by atoms with E-state index in [4.69, 9.17) is 10.7 Å². The van der Waals surface area contributed by atoms with Gasteiger partial charge in [0, 0.05) is 28.8 Å². The van der Waals surface area contributed by atoms with Crippen LogP contribution in [0.5, 0.6) is 0 Å². The van der Waals surface area contributed by atoms with Crippen LogP contribution in [0.1, 0.15) is 49.3 Å². The van der Waals surface area contributed by atoms with Gasteiger partial charge in [0.1, 0.15) is 5.82 Å². The van der Waals surface area contributed by atoms with Gasteiger partial charge in [-0.1, -0.05) is 36.4 Å². The Hall–Kier alpha value is -3.44. The number of aromatic nitrogens is 3. The van der Waals surface area contributed by atoms with Crippen molar-refractivity contribution in [1.29, 1.82) is 0 Å². The number of pyridine rings is 1. The van der Waals surface area contributed by atoms with E-state index >= 15 is 0 Å². The van der Waals surface area contributed by atoms with Gasteiger partial charge < -0.3 is 11.1 Å². The van der Waals surface area contributed by atoms with Crippen molar-refractivity contribution in [1.82, 2.24) is 14.5 Å². The Morgan fingerprint density at radius 3 is 2.53 bits per heavy atom. The van der Waals surface area contributed by atoms with Crippen LogP contribution < -0.4 is 11.1 Å². The van der Waals surface area contributed by atoms with Gasteiger partial charge in [-0.05, 0) is 61.9 Å². The first-order valence-corrected chi connectivity index (χ1v) is 11.6. The van der Waals surface area contributed by atoms with Gasteiger partial charge in [-0.25, -0.2) is 9.97 Å². The Bertz CT molecular complexity index is 1340. The summed E-state index contributed by atoms with van der Waals surface area (Å²) in [6, 6.07) is 21.4. The van der Waals surface area contributed by atoms with Crippen molar-refractivity contribution >= 4 is 11.5 Å². The number of nitrogens with two attached hydrogens (primary N) is 1. The molecule has 2 aromatic carbocycles. The molecule has 0 amide bonds. The average Bonchev–Trinajstić information content (AvgIpc) is 3.60. The minimum absolute atomic E-state index is 0.147. The average molecular weight is 420 g/mol. The highest BCUT2D eigenvalue weighted by molar-refractivity contribution is 5.86. The summed E-state index contributed by atoms with van der Waals surface area (Å²) < 4.78 is 2.31. The van der Waals surface area contributed by atoms with Gasteiger partial charge >= 0.3 is 0 Å². The van der Waals surface area contributed by atoms with Crippen LogP contribution in [0.2, 0.25) is 0 Å². The van der Waals surface area contributed by atoms with Crippen molar-refractivity contribution in [3.63, 3.8) is 0 Å².